The van der Waals surface area contributed by atoms with Gasteiger partial charge in [0.2, 0.25) is 0 Å². The number of hydrogen-bond donors (Lipinski definition) is 1. The molecule has 2 aromatic carbocycles. The molecule has 0 aliphatic rings. The molecule has 9 heteroatoms. The molecule has 2 rings (SSSR count). The van der Waals surface area contributed by atoms with Gasteiger partial charge in [-0.1, -0.05) is 56.3 Å². The van der Waals surface area contributed by atoms with E-state index in [0.29, 0.717) is 0 Å². The van der Waals surface area contributed by atoms with Crippen LogP contribution in [0.15, 0.2) is 54.6 Å². The number of nitrogens with zero attached hydrogens (tertiary/aromatic N) is 1. The highest BCUT2D eigenvalue weighted by atomic mass is 32.2. The number of carbonyl (C=O) groups is 1. The second-order valence-electron chi connectivity index (χ2n) is 9.20. The monoisotopic (exact) mass is 470 g/mol. The standard InChI is InChI=1S/C23H29F2NO5S/c1-22(2,14-15-26(3,4)16-18-8-6-5-7-9-18)20-12-10-19(11-13-20)21(27)31-17-23(24,25)32(28,29)30/h5-13H,14-17H2,1-4H3/p+1. The second-order valence-corrected chi connectivity index (χ2v) is 10.8. The van der Waals surface area contributed by atoms with Crippen molar-refractivity contribution in [3.8, 4) is 0 Å². The first-order valence-corrected chi connectivity index (χ1v) is 11.6. The average molecular weight is 471 g/mol. The molecule has 0 aliphatic heterocycles. The molecule has 0 aromatic heterocycles. The molecular formula is C23H30F2NO5S+. The lowest BCUT2D eigenvalue weighted by molar-refractivity contribution is -0.904. The number of carbonyl (C=O) groups excluding carboxylic acids is 1. The maximum atomic E-state index is 13.2. The Morgan fingerprint density at radius 2 is 1.59 bits per heavy atom. The summed E-state index contributed by atoms with van der Waals surface area (Å²) in [5.41, 5.74) is 2.04. The highest BCUT2D eigenvalue weighted by Gasteiger charge is 2.45. The topological polar surface area (TPSA) is 80.7 Å². The quantitative estimate of drug-likeness (QED) is 0.319. The summed E-state index contributed by atoms with van der Waals surface area (Å²) in [6.07, 6.45) is 0.872. The molecule has 0 heterocycles. The Hall–Kier alpha value is -2.36. The van der Waals surface area contributed by atoms with Crippen LogP contribution in [0.3, 0.4) is 0 Å². The van der Waals surface area contributed by atoms with Crippen LogP contribution < -0.4 is 0 Å². The summed E-state index contributed by atoms with van der Waals surface area (Å²) in [4.78, 5) is 12.0. The number of rotatable bonds is 10. The molecule has 32 heavy (non-hydrogen) atoms. The SMILES string of the molecule is CC(C)(CC[N+](C)(C)Cc1ccccc1)c1ccc(C(=O)OCC(F)(F)S(=O)(=O)O)cc1. The van der Waals surface area contributed by atoms with Gasteiger partial charge < -0.3 is 9.22 Å². The Labute approximate surface area is 188 Å². The molecule has 0 fully saturated rings. The van der Waals surface area contributed by atoms with Crippen molar-refractivity contribution in [2.45, 2.75) is 37.5 Å². The molecule has 2 aromatic rings. The number of alkyl halides is 2. The zero-order valence-electron chi connectivity index (χ0n) is 18.7. The molecule has 0 radical (unpaired) electrons. The van der Waals surface area contributed by atoms with Crippen molar-refractivity contribution in [1.29, 1.82) is 0 Å². The van der Waals surface area contributed by atoms with Crippen LogP contribution >= 0.6 is 0 Å². The number of quaternary nitrogens is 1. The lowest BCUT2D eigenvalue weighted by Crippen LogP contribution is -2.41. The van der Waals surface area contributed by atoms with Gasteiger partial charge in [-0.25, -0.2) is 4.79 Å². The van der Waals surface area contributed by atoms with Gasteiger partial charge in [0.05, 0.1) is 26.2 Å². The fraction of sp³-hybridized carbons (Fsp3) is 0.435. The van der Waals surface area contributed by atoms with Crippen molar-refractivity contribution in [3.05, 3.63) is 71.3 Å². The van der Waals surface area contributed by atoms with Crippen LogP contribution in [0.5, 0.6) is 0 Å². The van der Waals surface area contributed by atoms with E-state index in [1.165, 1.54) is 17.7 Å². The molecule has 0 unspecified atom stereocenters. The largest absolute Gasteiger partial charge is 0.454 e. The summed E-state index contributed by atoms with van der Waals surface area (Å²) in [5.74, 6) is -1.10. The van der Waals surface area contributed by atoms with Crippen LogP contribution in [0, 0.1) is 0 Å². The van der Waals surface area contributed by atoms with Gasteiger partial charge in [-0.15, -0.1) is 0 Å². The smallest absolute Gasteiger partial charge is 0.402 e. The Balaban J connectivity index is 1.99. The van der Waals surface area contributed by atoms with E-state index in [2.05, 4.69) is 44.8 Å². The first-order chi connectivity index (χ1) is 14.6. The van der Waals surface area contributed by atoms with Crippen LogP contribution in [0.2, 0.25) is 0 Å². The summed E-state index contributed by atoms with van der Waals surface area (Å²) >= 11 is 0. The van der Waals surface area contributed by atoms with Gasteiger partial charge in [0.1, 0.15) is 6.54 Å². The number of ether oxygens (including phenoxy) is 1. The molecule has 176 valence electrons. The molecule has 0 aliphatic carbocycles. The van der Waals surface area contributed by atoms with Gasteiger partial charge in [-0.05, 0) is 23.1 Å². The highest BCUT2D eigenvalue weighted by molar-refractivity contribution is 7.86. The third-order valence-corrected chi connectivity index (χ3v) is 6.32. The average Bonchev–Trinajstić information content (AvgIpc) is 2.70. The maximum Gasteiger partial charge on any atom is 0.402 e. The summed E-state index contributed by atoms with van der Waals surface area (Å²) in [6.45, 7) is 4.24. The van der Waals surface area contributed by atoms with Gasteiger partial charge in [-0.2, -0.15) is 17.2 Å². The van der Waals surface area contributed by atoms with E-state index < -0.39 is 27.9 Å². The van der Waals surface area contributed by atoms with Gasteiger partial charge in [0, 0.05) is 12.0 Å². The lowest BCUT2D eigenvalue weighted by atomic mass is 9.81. The first kappa shape index (κ1) is 25.9. The van der Waals surface area contributed by atoms with E-state index in [-0.39, 0.29) is 11.0 Å². The molecule has 0 bridgehead atoms. The van der Waals surface area contributed by atoms with E-state index in [0.717, 1.165) is 29.6 Å². The van der Waals surface area contributed by atoms with Crippen molar-refractivity contribution in [2.24, 2.45) is 0 Å². The zero-order valence-corrected chi connectivity index (χ0v) is 19.5. The third-order valence-electron chi connectivity index (χ3n) is 5.45. The van der Waals surface area contributed by atoms with E-state index in [9.17, 15) is 22.0 Å². The minimum Gasteiger partial charge on any atom is -0.454 e. The molecule has 0 atom stereocenters. The van der Waals surface area contributed by atoms with Gasteiger partial charge in [0.15, 0.2) is 6.61 Å². The fourth-order valence-electron chi connectivity index (χ4n) is 3.25. The Bertz CT molecular complexity index is 1020. The lowest BCUT2D eigenvalue weighted by Gasteiger charge is -2.34. The Morgan fingerprint density at radius 1 is 1.03 bits per heavy atom. The zero-order chi connectivity index (χ0) is 24.2. The van der Waals surface area contributed by atoms with Crippen molar-refractivity contribution < 1.29 is 35.8 Å². The number of halogens is 2. The predicted octanol–water partition coefficient (Wildman–Crippen LogP) is 4.27. The molecule has 6 nitrogen and oxygen atoms in total. The van der Waals surface area contributed by atoms with Crippen LogP contribution in [-0.2, 0) is 26.8 Å². The molecule has 0 amide bonds. The molecular weight excluding hydrogens is 440 g/mol. The summed E-state index contributed by atoms with van der Waals surface area (Å²) in [6, 6.07) is 16.6. The van der Waals surface area contributed by atoms with Gasteiger partial charge in [-0.3, -0.25) is 4.55 Å². The van der Waals surface area contributed by atoms with E-state index in [1.807, 2.05) is 18.2 Å². The molecule has 0 saturated carbocycles. The van der Waals surface area contributed by atoms with Crippen LogP contribution in [-0.4, -0.2) is 55.9 Å². The van der Waals surface area contributed by atoms with E-state index in [4.69, 9.17) is 4.55 Å². The van der Waals surface area contributed by atoms with Crippen molar-refractivity contribution in [1.82, 2.24) is 0 Å². The van der Waals surface area contributed by atoms with Gasteiger partial charge in [0.25, 0.3) is 0 Å². The van der Waals surface area contributed by atoms with E-state index in [1.54, 1.807) is 12.1 Å². The number of benzene rings is 2. The van der Waals surface area contributed by atoms with Crippen molar-refractivity contribution >= 4 is 16.1 Å². The summed E-state index contributed by atoms with van der Waals surface area (Å²) < 4.78 is 61.3. The molecule has 1 N–H and O–H groups in total. The highest BCUT2D eigenvalue weighted by Crippen LogP contribution is 2.29. The predicted molar refractivity (Wildman–Crippen MR) is 118 cm³/mol. The normalized spacial score (nSPS) is 13.1. The molecule has 0 spiro atoms. The Kier molecular flexibility index (Phi) is 7.80. The fourth-order valence-corrected chi connectivity index (χ4v) is 3.46. The van der Waals surface area contributed by atoms with Crippen LogP contribution in [0.25, 0.3) is 0 Å². The number of hydrogen-bond acceptors (Lipinski definition) is 4. The Morgan fingerprint density at radius 3 is 2.12 bits per heavy atom. The third kappa shape index (κ3) is 7.08. The minimum absolute atomic E-state index is 0.0101. The summed E-state index contributed by atoms with van der Waals surface area (Å²) in [7, 11) is -1.31. The van der Waals surface area contributed by atoms with E-state index >= 15 is 0 Å². The van der Waals surface area contributed by atoms with Gasteiger partial charge >= 0.3 is 21.3 Å². The van der Waals surface area contributed by atoms with Crippen molar-refractivity contribution in [3.63, 3.8) is 0 Å². The molecule has 0 saturated heterocycles. The second kappa shape index (κ2) is 9.64. The van der Waals surface area contributed by atoms with Crippen molar-refractivity contribution in [2.75, 3.05) is 27.2 Å². The van der Waals surface area contributed by atoms with Crippen LogP contribution in [0.4, 0.5) is 8.78 Å². The summed E-state index contributed by atoms with van der Waals surface area (Å²) in [5, 5.41) is -4.56. The maximum absolute atomic E-state index is 13.2. The first-order valence-electron chi connectivity index (χ1n) is 10.1. The number of esters is 1. The van der Waals surface area contributed by atoms with Crippen LogP contribution in [0.1, 0.15) is 41.8 Å². The minimum atomic E-state index is -5.66.